The summed E-state index contributed by atoms with van der Waals surface area (Å²) >= 11 is 4.53. The average molecular weight is 472 g/mol. The summed E-state index contributed by atoms with van der Waals surface area (Å²) in [4.78, 5) is 14.9. The Hall–Kier alpha value is -2.19. The van der Waals surface area contributed by atoms with E-state index in [4.69, 9.17) is 4.74 Å². The SMILES string of the molecule is N#Cc1c(NC(=O)CSc2nnc(-c3cccs3)n2C[C@H]2CCCO2)sc2c1CCC2. The molecule has 10 heteroatoms. The van der Waals surface area contributed by atoms with Crippen LogP contribution in [0.2, 0.25) is 0 Å². The van der Waals surface area contributed by atoms with Crippen LogP contribution in [-0.4, -0.2) is 39.1 Å². The summed E-state index contributed by atoms with van der Waals surface area (Å²) < 4.78 is 7.89. The second kappa shape index (κ2) is 9.12. The van der Waals surface area contributed by atoms with Gasteiger partial charge in [-0.15, -0.1) is 32.9 Å². The van der Waals surface area contributed by atoms with Crippen LogP contribution in [0.25, 0.3) is 10.7 Å². The zero-order chi connectivity index (χ0) is 21.2. The number of carbonyl (C=O) groups is 1. The predicted molar refractivity (Wildman–Crippen MR) is 123 cm³/mol. The number of hydrogen-bond acceptors (Lipinski definition) is 8. The lowest BCUT2D eigenvalue weighted by molar-refractivity contribution is -0.113. The number of nitrogens with zero attached hydrogens (tertiary/aromatic N) is 4. The number of nitrogens with one attached hydrogen (secondary N) is 1. The molecule has 1 saturated heterocycles. The van der Waals surface area contributed by atoms with Gasteiger partial charge in [0.05, 0.1) is 28.8 Å². The van der Waals surface area contributed by atoms with Gasteiger partial charge in [-0.1, -0.05) is 17.8 Å². The number of anilines is 1. The minimum absolute atomic E-state index is 0.134. The molecule has 160 valence electrons. The normalized spacial score (nSPS) is 17.6. The predicted octanol–water partition coefficient (Wildman–Crippen LogP) is 4.34. The van der Waals surface area contributed by atoms with Crippen molar-refractivity contribution in [3.8, 4) is 16.8 Å². The molecule has 2 aliphatic rings. The number of hydrogen-bond donors (Lipinski definition) is 1. The van der Waals surface area contributed by atoms with Crippen molar-refractivity contribution in [1.82, 2.24) is 14.8 Å². The number of ether oxygens (including phenoxy) is 1. The smallest absolute Gasteiger partial charge is 0.235 e. The molecule has 1 aliphatic heterocycles. The van der Waals surface area contributed by atoms with Crippen LogP contribution in [-0.2, 0) is 28.9 Å². The summed E-state index contributed by atoms with van der Waals surface area (Å²) in [5.41, 5.74) is 1.75. The lowest BCUT2D eigenvalue weighted by Gasteiger charge is -2.14. The molecule has 3 aromatic heterocycles. The molecule has 4 heterocycles. The third-order valence-corrected chi connectivity index (χ3v) is 8.53. The first-order chi connectivity index (χ1) is 15.2. The van der Waals surface area contributed by atoms with Crippen LogP contribution in [0, 0.1) is 11.3 Å². The van der Waals surface area contributed by atoms with Crippen molar-refractivity contribution in [1.29, 1.82) is 5.26 Å². The number of thiophene rings is 2. The van der Waals surface area contributed by atoms with Crippen LogP contribution in [0.15, 0.2) is 22.7 Å². The van der Waals surface area contributed by atoms with Crippen molar-refractivity contribution in [3.05, 3.63) is 33.5 Å². The molecule has 7 nitrogen and oxygen atoms in total. The molecule has 0 aromatic carbocycles. The van der Waals surface area contributed by atoms with E-state index in [0.717, 1.165) is 55.0 Å². The van der Waals surface area contributed by atoms with Crippen molar-refractivity contribution in [3.63, 3.8) is 0 Å². The van der Waals surface area contributed by atoms with Gasteiger partial charge in [0.15, 0.2) is 11.0 Å². The zero-order valence-corrected chi connectivity index (χ0v) is 19.2. The van der Waals surface area contributed by atoms with Gasteiger partial charge in [0.25, 0.3) is 0 Å². The molecule has 0 bridgehead atoms. The van der Waals surface area contributed by atoms with Crippen LogP contribution in [0.4, 0.5) is 5.00 Å². The summed E-state index contributed by atoms with van der Waals surface area (Å²) in [7, 11) is 0. The van der Waals surface area contributed by atoms with Gasteiger partial charge in [-0.3, -0.25) is 9.36 Å². The molecule has 1 N–H and O–H groups in total. The molecule has 0 radical (unpaired) electrons. The lowest BCUT2D eigenvalue weighted by Crippen LogP contribution is -2.18. The van der Waals surface area contributed by atoms with Gasteiger partial charge in [0.2, 0.25) is 5.91 Å². The molecular formula is C21H21N5O2S3. The summed E-state index contributed by atoms with van der Waals surface area (Å²) in [5.74, 6) is 0.891. The van der Waals surface area contributed by atoms with E-state index in [9.17, 15) is 10.1 Å². The monoisotopic (exact) mass is 471 g/mol. The van der Waals surface area contributed by atoms with E-state index in [0.29, 0.717) is 22.3 Å². The molecule has 0 saturated carbocycles. The molecular weight excluding hydrogens is 450 g/mol. The Morgan fingerprint density at radius 2 is 2.32 bits per heavy atom. The number of aryl methyl sites for hydroxylation is 1. The van der Waals surface area contributed by atoms with Gasteiger partial charge in [-0.05, 0) is 49.1 Å². The fourth-order valence-corrected chi connectivity index (χ4v) is 6.76. The van der Waals surface area contributed by atoms with E-state index in [1.165, 1.54) is 28.0 Å². The maximum atomic E-state index is 12.7. The van der Waals surface area contributed by atoms with E-state index in [1.54, 1.807) is 11.3 Å². The zero-order valence-electron chi connectivity index (χ0n) is 16.8. The highest BCUT2D eigenvalue weighted by molar-refractivity contribution is 7.99. The minimum atomic E-state index is -0.134. The molecule has 1 fully saturated rings. The number of nitriles is 1. The fraction of sp³-hybridized carbons (Fsp3) is 0.429. The summed E-state index contributed by atoms with van der Waals surface area (Å²) in [5, 5.41) is 24.6. The number of thioether (sulfide) groups is 1. The lowest BCUT2D eigenvalue weighted by atomic mass is 10.1. The van der Waals surface area contributed by atoms with Crippen LogP contribution in [0.5, 0.6) is 0 Å². The van der Waals surface area contributed by atoms with Crippen LogP contribution in [0.1, 0.15) is 35.3 Å². The van der Waals surface area contributed by atoms with Crippen molar-refractivity contribution in [2.45, 2.75) is 49.9 Å². The Morgan fingerprint density at radius 3 is 3.10 bits per heavy atom. The molecule has 1 atom stereocenters. The Kier molecular flexibility index (Phi) is 6.09. The number of amides is 1. The van der Waals surface area contributed by atoms with Gasteiger partial charge in [0.1, 0.15) is 11.1 Å². The van der Waals surface area contributed by atoms with Gasteiger partial charge in [-0.2, -0.15) is 5.26 Å². The highest BCUT2D eigenvalue weighted by Crippen LogP contribution is 2.38. The third-order valence-electron chi connectivity index (χ3n) is 5.49. The average Bonchev–Trinajstić information content (AvgIpc) is 3.55. The number of rotatable bonds is 7. The Balaban J connectivity index is 1.30. The van der Waals surface area contributed by atoms with Gasteiger partial charge < -0.3 is 10.1 Å². The molecule has 0 spiro atoms. The summed E-state index contributed by atoms with van der Waals surface area (Å²) in [6.45, 7) is 1.47. The second-order valence-electron chi connectivity index (χ2n) is 7.54. The Labute approximate surface area is 192 Å². The number of fused-ring (bicyclic) bond motifs is 1. The van der Waals surface area contributed by atoms with Gasteiger partial charge in [0, 0.05) is 11.5 Å². The second-order valence-corrected chi connectivity index (χ2v) is 10.5. The van der Waals surface area contributed by atoms with Crippen molar-refractivity contribution >= 4 is 45.3 Å². The molecule has 31 heavy (non-hydrogen) atoms. The molecule has 1 amide bonds. The van der Waals surface area contributed by atoms with Crippen molar-refractivity contribution in [2.24, 2.45) is 0 Å². The number of carbonyl (C=O) groups excluding carboxylic acids is 1. The minimum Gasteiger partial charge on any atom is -0.376 e. The van der Waals surface area contributed by atoms with E-state index < -0.39 is 0 Å². The Morgan fingerprint density at radius 1 is 1.39 bits per heavy atom. The first kappa shape index (κ1) is 20.7. The van der Waals surface area contributed by atoms with E-state index in [2.05, 4.69) is 26.2 Å². The van der Waals surface area contributed by atoms with E-state index >= 15 is 0 Å². The quantitative estimate of drug-likeness (QED) is 0.515. The third kappa shape index (κ3) is 4.28. The standard InChI is InChI=1S/C21H21N5O2S3/c22-10-15-14-5-1-6-16(14)31-20(15)23-18(27)12-30-21-25-24-19(17-7-3-9-29-17)26(21)11-13-4-2-8-28-13/h3,7,9,13H,1-2,4-6,8,11-12H2,(H,23,27)/t13-/m1/s1. The largest absolute Gasteiger partial charge is 0.376 e. The maximum Gasteiger partial charge on any atom is 0.235 e. The van der Waals surface area contributed by atoms with E-state index in [1.807, 2.05) is 17.5 Å². The number of aromatic nitrogens is 3. The highest BCUT2D eigenvalue weighted by Gasteiger charge is 2.25. The Bertz CT molecular complexity index is 1120. The van der Waals surface area contributed by atoms with E-state index in [-0.39, 0.29) is 17.8 Å². The summed E-state index contributed by atoms with van der Waals surface area (Å²) in [6, 6.07) is 6.30. The van der Waals surface area contributed by atoms with Crippen LogP contribution >= 0.6 is 34.4 Å². The molecule has 1 aliphatic carbocycles. The van der Waals surface area contributed by atoms with Crippen molar-refractivity contribution < 1.29 is 9.53 Å². The molecule has 3 aromatic rings. The van der Waals surface area contributed by atoms with Crippen LogP contribution in [0.3, 0.4) is 0 Å². The van der Waals surface area contributed by atoms with Crippen LogP contribution < -0.4 is 5.32 Å². The molecule has 5 rings (SSSR count). The van der Waals surface area contributed by atoms with Gasteiger partial charge >= 0.3 is 0 Å². The first-order valence-electron chi connectivity index (χ1n) is 10.3. The maximum absolute atomic E-state index is 12.7. The first-order valence-corrected chi connectivity index (χ1v) is 13.0. The summed E-state index contributed by atoms with van der Waals surface area (Å²) in [6.07, 6.45) is 5.25. The molecule has 0 unspecified atom stereocenters. The topological polar surface area (TPSA) is 92.8 Å². The fourth-order valence-electron chi connectivity index (χ4n) is 4.04. The van der Waals surface area contributed by atoms with Gasteiger partial charge in [-0.25, -0.2) is 0 Å². The van der Waals surface area contributed by atoms with Crippen molar-refractivity contribution in [2.75, 3.05) is 17.7 Å². The highest BCUT2D eigenvalue weighted by atomic mass is 32.2.